The molecule has 0 bridgehead atoms. The Hall–Kier alpha value is -0.100. The van der Waals surface area contributed by atoms with Crippen LogP contribution in [0.15, 0.2) is 12.4 Å². The molecule has 2 heterocycles. The number of halogens is 1. The van der Waals surface area contributed by atoms with Gasteiger partial charge < -0.3 is 4.74 Å². The highest BCUT2D eigenvalue weighted by Crippen LogP contribution is 2.31. The van der Waals surface area contributed by atoms with Crippen molar-refractivity contribution in [2.45, 2.75) is 44.9 Å². The van der Waals surface area contributed by atoms with Gasteiger partial charge in [-0.3, -0.25) is 4.68 Å². The molecule has 1 saturated heterocycles. The molecule has 1 aliphatic rings. The molecule has 15 heavy (non-hydrogen) atoms. The molecule has 2 atom stereocenters. The lowest BCUT2D eigenvalue weighted by Gasteiger charge is -2.28. The number of ether oxygens (including phenoxy) is 1. The van der Waals surface area contributed by atoms with Crippen LogP contribution in [0.25, 0.3) is 0 Å². The summed E-state index contributed by atoms with van der Waals surface area (Å²) in [7, 11) is 0. The topological polar surface area (TPSA) is 27.1 Å². The molecule has 1 aliphatic heterocycles. The van der Waals surface area contributed by atoms with Gasteiger partial charge in [0, 0.05) is 22.7 Å². The lowest BCUT2D eigenvalue weighted by atomic mass is 10.0. The summed E-state index contributed by atoms with van der Waals surface area (Å²) in [4.78, 5) is 0. The third-order valence-corrected chi connectivity index (χ3v) is 3.85. The van der Waals surface area contributed by atoms with E-state index in [4.69, 9.17) is 4.74 Å². The summed E-state index contributed by atoms with van der Waals surface area (Å²) < 4.78 is 9.08. The second-order valence-electron chi connectivity index (χ2n) is 3.96. The molecule has 4 heteroatoms. The Kier molecular flexibility index (Phi) is 4.02. The predicted octanol–water partition coefficient (Wildman–Crippen LogP) is 2.95. The minimum atomic E-state index is 0.277. The summed E-state index contributed by atoms with van der Waals surface area (Å²) in [6.45, 7) is 3.04. The molecule has 3 nitrogen and oxygen atoms in total. The summed E-state index contributed by atoms with van der Waals surface area (Å²) in [5.74, 6) is 0. The van der Waals surface area contributed by atoms with E-state index in [1.165, 1.54) is 18.4 Å². The zero-order valence-corrected chi connectivity index (χ0v) is 11.2. The number of hydrogen-bond acceptors (Lipinski definition) is 2. The maximum atomic E-state index is 6.02. The summed E-state index contributed by atoms with van der Waals surface area (Å²) in [6.07, 6.45) is 8.40. The second-order valence-corrected chi connectivity index (χ2v) is 4.84. The van der Waals surface area contributed by atoms with Crippen LogP contribution in [0.5, 0.6) is 0 Å². The third kappa shape index (κ3) is 2.72. The van der Waals surface area contributed by atoms with Crippen LogP contribution in [0.1, 0.15) is 37.9 Å². The van der Waals surface area contributed by atoms with E-state index in [0.717, 1.165) is 17.4 Å². The van der Waals surface area contributed by atoms with Gasteiger partial charge in [-0.1, -0.05) is 22.6 Å². The van der Waals surface area contributed by atoms with E-state index in [1.54, 1.807) is 0 Å². The number of nitrogens with zero attached hydrogens (tertiary/aromatic N) is 2. The summed E-state index contributed by atoms with van der Waals surface area (Å²) in [5, 5.41) is 4.30. The van der Waals surface area contributed by atoms with Crippen molar-refractivity contribution in [2.75, 3.05) is 4.43 Å². The van der Waals surface area contributed by atoms with Gasteiger partial charge in [-0.2, -0.15) is 5.10 Å². The normalized spacial score (nSPS) is 26.8. The van der Waals surface area contributed by atoms with Crippen LogP contribution in [-0.4, -0.2) is 20.3 Å². The van der Waals surface area contributed by atoms with Gasteiger partial charge in [-0.25, -0.2) is 0 Å². The first kappa shape index (κ1) is 11.4. The van der Waals surface area contributed by atoms with Crippen molar-refractivity contribution in [3.63, 3.8) is 0 Å². The van der Waals surface area contributed by atoms with E-state index >= 15 is 0 Å². The van der Waals surface area contributed by atoms with Crippen molar-refractivity contribution in [1.82, 2.24) is 9.78 Å². The van der Waals surface area contributed by atoms with Crippen molar-refractivity contribution in [3.8, 4) is 0 Å². The van der Waals surface area contributed by atoms with Crippen molar-refractivity contribution in [3.05, 3.63) is 18.0 Å². The van der Waals surface area contributed by atoms with Crippen LogP contribution in [0.2, 0.25) is 0 Å². The van der Waals surface area contributed by atoms with Crippen LogP contribution < -0.4 is 0 Å². The molecule has 0 N–H and O–H groups in total. The molecule has 0 radical (unpaired) electrons. The number of aryl methyl sites for hydroxylation is 1. The largest absolute Gasteiger partial charge is 0.369 e. The minimum absolute atomic E-state index is 0.277. The van der Waals surface area contributed by atoms with Gasteiger partial charge in [0.05, 0.1) is 18.4 Å². The number of aromatic nitrogens is 2. The van der Waals surface area contributed by atoms with E-state index in [2.05, 4.69) is 40.8 Å². The standard InChI is InChI=1S/C11H17IN2O/c1-2-14-8-9(7-13-14)11-5-3-4-10(6-12)15-11/h7-8,10-11H,2-6H2,1H3. The first-order valence-electron chi connectivity index (χ1n) is 5.57. The van der Waals surface area contributed by atoms with E-state index in [9.17, 15) is 0 Å². The average molecular weight is 320 g/mol. The zero-order chi connectivity index (χ0) is 10.7. The molecule has 1 aromatic rings. The van der Waals surface area contributed by atoms with Crippen LogP contribution in [0.3, 0.4) is 0 Å². The van der Waals surface area contributed by atoms with Crippen molar-refractivity contribution < 1.29 is 4.74 Å². The molecule has 1 fully saturated rings. The molecule has 0 spiro atoms. The number of alkyl halides is 1. The highest BCUT2D eigenvalue weighted by atomic mass is 127. The zero-order valence-electron chi connectivity index (χ0n) is 9.03. The molecular weight excluding hydrogens is 303 g/mol. The van der Waals surface area contributed by atoms with Gasteiger partial charge in [0.1, 0.15) is 0 Å². The lowest BCUT2D eigenvalue weighted by Crippen LogP contribution is -2.23. The molecule has 0 amide bonds. The Morgan fingerprint density at radius 1 is 1.60 bits per heavy atom. The molecular formula is C11H17IN2O. The third-order valence-electron chi connectivity index (χ3n) is 2.87. The smallest absolute Gasteiger partial charge is 0.0859 e. The van der Waals surface area contributed by atoms with Gasteiger partial charge in [-0.05, 0) is 26.2 Å². The summed E-state index contributed by atoms with van der Waals surface area (Å²) in [5.41, 5.74) is 1.24. The highest BCUT2D eigenvalue weighted by Gasteiger charge is 2.23. The lowest BCUT2D eigenvalue weighted by molar-refractivity contribution is -0.0375. The highest BCUT2D eigenvalue weighted by molar-refractivity contribution is 14.1. The van der Waals surface area contributed by atoms with Crippen LogP contribution in [0, 0.1) is 0 Å². The van der Waals surface area contributed by atoms with Gasteiger partial charge >= 0.3 is 0 Å². The number of rotatable bonds is 3. The molecule has 0 aliphatic carbocycles. The maximum absolute atomic E-state index is 6.02. The van der Waals surface area contributed by atoms with Gasteiger partial charge in [0.25, 0.3) is 0 Å². The molecule has 84 valence electrons. The van der Waals surface area contributed by atoms with E-state index in [0.29, 0.717) is 6.10 Å². The van der Waals surface area contributed by atoms with Crippen molar-refractivity contribution >= 4 is 22.6 Å². The Bertz CT molecular complexity index is 313. The average Bonchev–Trinajstić information content (AvgIpc) is 2.78. The van der Waals surface area contributed by atoms with Gasteiger partial charge in [0.2, 0.25) is 0 Å². The molecule has 2 unspecified atom stereocenters. The molecule has 0 saturated carbocycles. The maximum Gasteiger partial charge on any atom is 0.0859 e. The Morgan fingerprint density at radius 3 is 3.13 bits per heavy atom. The quantitative estimate of drug-likeness (QED) is 0.632. The van der Waals surface area contributed by atoms with Crippen LogP contribution in [0.4, 0.5) is 0 Å². The SMILES string of the molecule is CCn1cc(C2CCCC(CI)O2)cn1. The minimum Gasteiger partial charge on any atom is -0.369 e. The van der Waals surface area contributed by atoms with Crippen molar-refractivity contribution in [2.24, 2.45) is 0 Å². The van der Waals surface area contributed by atoms with Gasteiger partial charge in [-0.15, -0.1) is 0 Å². The second kappa shape index (κ2) is 5.30. The molecule has 2 rings (SSSR count). The van der Waals surface area contributed by atoms with Gasteiger partial charge in [0.15, 0.2) is 0 Å². The molecule has 0 aromatic carbocycles. The predicted molar refractivity (Wildman–Crippen MR) is 68.3 cm³/mol. The fraction of sp³-hybridized carbons (Fsp3) is 0.727. The van der Waals surface area contributed by atoms with Crippen LogP contribution >= 0.6 is 22.6 Å². The Labute approximate surface area is 104 Å². The Balaban J connectivity index is 2.03. The summed E-state index contributed by atoms with van der Waals surface area (Å²) in [6, 6.07) is 0. The first-order chi connectivity index (χ1) is 7.33. The van der Waals surface area contributed by atoms with E-state index in [-0.39, 0.29) is 6.10 Å². The summed E-state index contributed by atoms with van der Waals surface area (Å²) >= 11 is 2.40. The fourth-order valence-electron chi connectivity index (χ4n) is 1.98. The number of hydrogen-bond donors (Lipinski definition) is 0. The van der Waals surface area contributed by atoms with E-state index < -0.39 is 0 Å². The Morgan fingerprint density at radius 2 is 2.47 bits per heavy atom. The molecule has 1 aromatic heterocycles. The monoisotopic (exact) mass is 320 g/mol. The van der Waals surface area contributed by atoms with Crippen molar-refractivity contribution in [1.29, 1.82) is 0 Å². The van der Waals surface area contributed by atoms with E-state index in [1.807, 2.05) is 10.9 Å². The first-order valence-corrected chi connectivity index (χ1v) is 7.09. The van der Waals surface area contributed by atoms with Crippen LogP contribution in [-0.2, 0) is 11.3 Å². The fourth-order valence-corrected chi connectivity index (χ4v) is 2.62.